The van der Waals surface area contributed by atoms with Crippen molar-refractivity contribution in [3.05, 3.63) is 57.6 Å². The Labute approximate surface area is 137 Å². The van der Waals surface area contributed by atoms with Gasteiger partial charge in [0, 0.05) is 11.9 Å². The van der Waals surface area contributed by atoms with Crippen LogP contribution in [0.4, 0.5) is 26.3 Å². The molecule has 0 aromatic carbocycles. The number of aryl methyl sites for hydroxylation is 1. The number of hydrogen-bond acceptors (Lipinski definition) is 2. The molecule has 2 nitrogen and oxygen atoms in total. The van der Waals surface area contributed by atoms with Gasteiger partial charge in [-0.05, 0) is 31.2 Å². The van der Waals surface area contributed by atoms with Gasteiger partial charge < -0.3 is 0 Å². The van der Waals surface area contributed by atoms with E-state index in [1.54, 1.807) is 0 Å². The van der Waals surface area contributed by atoms with Crippen LogP contribution in [-0.2, 0) is 12.4 Å². The van der Waals surface area contributed by atoms with Crippen LogP contribution < -0.4 is 0 Å². The van der Waals surface area contributed by atoms with Crippen LogP contribution in [0.2, 0.25) is 10.3 Å². The molecule has 2 rings (SSSR count). The van der Waals surface area contributed by atoms with E-state index >= 15 is 0 Å². The Morgan fingerprint density at radius 2 is 1.35 bits per heavy atom. The Hall–Kier alpha value is -1.54. The quantitative estimate of drug-likeness (QED) is 0.427. The Morgan fingerprint density at radius 1 is 0.826 bits per heavy atom. The Morgan fingerprint density at radius 3 is 1.74 bits per heavy atom. The molecule has 2 aromatic heterocycles. The summed E-state index contributed by atoms with van der Waals surface area (Å²) in [6, 6.07) is 3.40. The second kappa shape index (κ2) is 7.35. The van der Waals surface area contributed by atoms with E-state index in [-0.39, 0.29) is 16.0 Å². The lowest BCUT2D eigenvalue weighted by atomic mass is 10.2. The number of halogens is 8. The normalized spacial score (nSPS) is 11.7. The minimum absolute atomic E-state index is 0.137. The highest BCUT2D eigenvalue weighted by atomic mass is 35.5. The van der Waals surface area contributed by atoms with Crippen LogP contribution in [0.15, 0.2) is 30.5 Å². The van der Waals surface area contributed by atoms with Crippen molar-refractivity contribution in [3.8, 4) is 0 Å². The van der Waals surface area contributed by atoms with Gasteiger partial charge in [-0.1, -0.05) is 23.2 Å². The van der Waals surface area contributed by atoms with E-state index in [1.807, 2.05) is 0 Å². The first-order valence-corrected chi connectivity index (χ1v) is 6.55. The lowest BCUT2D eigenvalue weighted by Gasteiger charge is -2.06. The lowest BCUT2D eigenvalue weighted by Crippen LogP contribution is -2.05. The van der Waals surface area contributed by atoms with Gasteiger partial charge in [0.25, 0.3) is 0 Å². The molecule has 0 fully saturated rings. The minimum atomic E-state index is -4.35. The minimum Gasteiger partial charge on any atom is -0.245 e. The number of rotatable bonds is 0. The van der Waals surface area contributed by atoms with Crippen molar-refractivity contribution in [1.82, 2.24) is 9.97 Å². The van der Waals surface area contributed by atoms with Gasteiger partial charge in [0.1, 0.15) is 10.3 Å². The van der Waals surface area contributed by atoms with Gasteiger partial charge >= 0.3 is 12.4 Å². The predicted octanol–water partition coefficient (Wildman–Crippen LogP) is 5.82. The number of hydrogen-bond donors (Lipinski definition) is 0. The van der Waals surface area contributed by atoms with E-state index in [0.717, 1.165) is 30.5 Å². The Balaban J connectivity index is 0.000000231. The zero-order valence-corrected chi connectivity index (χ0v) is 12.8. The second-order valence-corrected chi connectivity index (χ2v) is 4.96. The third-order valence-corrected chi connectivity index (χ3v) is 2.70. The SMILES string of the molecule is Cc1cc(C(F)(F)F)cc(Cl)n1.FC(F)(F)c1ccnc(Cl)c1. The lowest BCUT2D eigenvalue weighted by molar-refractivity contribution is -0.138. The highest BCUT2D eigenvalue weighted by Crippen LogP contribution is 2.31. The molecule has 0 radical (unpaired) electrons. The van der Waals surface area contributed by atoms with Gasteiger partial charge in [-0.3, -0.25) is 0 Å². The number of alkyl halides is 6. The zero-order valence-electron chi connectivity index (χ0n) is 11.3. The number of nitrogens with zero attached hydrogens (tertiary/aromatic N) is 2. The van der Waals surface area contributed by atoms with Crippen LogP contribution in [0.5, 0.6) is 0 Å². The van der Waals surface area contributed by atoms with Crippen LogP contribution in [0.3, 0.4) is 0 Å². The molecule has 2 heterocycles. The number of pyridine rings is 2. The van der Waals surface area contributed by atoms with Crippen molar-refractivity contribution in [2.45, 2.75) is 19.3 Å². The third kappa shape index (κ3) is 6.62. The molecule has 0 atom stereocenters. The Bertz CT molecular complexity index is 650. The van der Waals surface area contributed by atoms with Crippen LogP contribution in [0.1, 0.15) is 16.8 Å². The monoisotopic (exact) mass is 376 g/mol. The summed E-state index contributed by atoms with van der Waals surface area (Å²) in [7, 11) is 0. The molecule has 0 unspecified atom stereocenters. The van der Waals surface area contributed by atoms with Crippen molar-refractivity contribution in [1.29, 1.82) is 0 Å². The first-order chi connectivity index (χ1) is 10.4. The second-order valence-electron chi connectivity index (χ2n) is 4.18. The van der Waals surface area contributed by atoms with Crippen molar-refractivity contribution in [2.75, 3.05) is 0 Å². The van der Waals surface area contributed by atoms with Crippen LogP contribution in [0, 0.1) is 6.92 Å². The van der Waals surface area contributed by atoms with E-state index in [9.17, 15) is 26.3 Å². The number of aromatic nitrogens is 2. The van der Waals surface area contributed by atoms with E-state index in [0.29, 0.717) is 0 Å². The zero-order chi connectivity index (χ0) is 17.8. The predicted molar refractivity (Wildman–Crippen MR) is 73.2 cm³/mol. The van der Waals surface area contributed by atoms with Crippen molar-refractivity contribution < 1.29 is 26.3 Å². The van der Waals surface area contributed by atoms with E-state index in [4.69, 9.17) is 23.2 Å². The molecule has 0 N–H and O–H groups in total. The summed E-state index contributed by atoms with van der Waals surface area (Å²) in [4.78, 5) is 7.03. The maximum absolute atomic E-state index is 12.1. The molecule has 0 spiro atoms. The average Bonchev–Trinajstić information content (AvgIpc) is 2.36. The molecular formula is C13H8Cl2F6N2. The molecule has 2 aromatic rings. The first kappa shape index (κ1) is 19.5. The van der Waals surface area contributed by atoms with E-state index < -0.39 is 23.5 Å². The van der Waals surface area contributed by atoms with Gasteiger partial charge in [-0.2, -0.15) is 26.3 Å². The molecule has 10 heteroatoms. The fourth-order valence-corrected chi connectivity index (χ4v) is 1.80. The van der Waals surface area contributed by atoms with Crippen molar-refractivity contribution >= 4 is 23.2 Å². The molecule has 23 heavy (non-hydrogen) atoms. The maximum atomic E-state index is 12.1. The first-order valence-electron chi connectivity index (χ1n) is 5.79. The fourth-order valence-electron chi connectivity index (χ4n) is 1.37. The summed E-state index contributed by atoms with van der Waals surface area (Å²) in [6.07, 6.45) is -7.67. The smallest absolute Gasteiger partial charge is 0.245 e. The van der Waals surface area contributed by atoms with Gasteiger partial charge in [0.05, 0.1) is 11.1 Å². The molecule has 0 bridgehead atoms. The molecule has 126 valence electrons. The average molecular weight is 377 g/mol. The summed E-state index contributed by atoms with van der Waals surface area (Å²) < 4.78 is 71.8. The summed E-state index contributed by atoms with van der Waals surface area (Å²) in [5, 5.41) is -0.290. The highest BCUT2D eigenvalue weighted by molar-refractivity contribution is 6.29. The maximum Gasteiger partial charge on any atom is 0.416 e. The molecule has 0 aliphatic carbocycles. The highest BCUT2D eigenvalue weighted by Gasteiger charge is 2.31. The van der Waals surface area contributed by atoms with Gasteiger partial charge in [-0.25, -0.2) is 9.97 Å². The summed E-state index contributed by atoms with van der Waals surface area (Å²) in [5.74, 6) is 0. The Kier molecular flexibility index (Phi) is 6.24. The van der Waals surface area contributed by atoms with Crippen LogP contribution in [-0.4, -0.2) is 9.97 Å². The van der Waals surface area contributed by atoms with E-state index in [1.165, 1.54) is 6.92 Å². The molecule has 0 aliphatic rings. The summed E-state index contributed by atoms with van der Waals surface area (Å²) >= 11 is 10.6. The van der Waals surface area contributed by atoms with Crippen LogP contribution >= 0.6 is 23.2 Å². The molecule has 0 saturated heterocycles. The molecular weight excluding hydrogens is 369 g/mol. The van der Waals surface area contributed by atoms with Crippen molar-refractivity contribution in [2.24, 2.45) is 0 Å². The summed E-state index contributed by atoms with van der Waals surface area (Å²) in [6.45, 7) is 1.46. The van der Waals surface area contributed by atoms with Gasteiger partial charge in [-0.15, -0.1) is 0 Å². The van der Waals surface area contributed by atoms with Gasteiger partial charge in [0.15, 0.2) is 0 Å². The fraction of sp³-hybridized carbons (Fsp3) is 0.231. The van der Waals surface area contributed by atoms with Crippen LogP contribution in [0.25, 0.3) is 0 Å². The topological polar surface area (TPSA) is 25.8 Å². The molecule has 0 aliphatic heterocycles. The summed E-state index contributed by atoms with van der Waals surface area (Å²) in [5.41, 5.74) is -1.28. The van der Waals surface area contributed by atoms with Crippen molar-refractivity contribution in [3.63, 3.8) is 0 Å². The van der Waals surface area contributed by atoms with E-state index in [2.05, 4.69) is 9.97 Å². The third-order valence-electron chi connectivity index (χ3n) is 2.30. The van der Waals surface area contributed by atoms with Gasteiger partial charge in [0.2, 0.25) is 0 Å². The molecule has 0 saturated carbocycles. The standard InChI is InChI=1S/C7H5ClF3N.C6H3ClF3N/c1-4-2-5(7(9,10)11)3-6(8)12-4;7-5-3-4(1-2-11-5)6(8,9)10/h2-3H,1H3;1-3H. The molecule has 0 amide bonds. The largest absolute Gasteiger partial charge is 0.416 e.